The van der Waals surface area contributed by atoms with Gasteiger partial charge in [0, 0.05) is 30.1 Å². The Bertz CT molecular complexity index is 917. The van der Waals surface area contributed by atoms with Crippen molar-refractivity contribution in [2.45, 2.75) is 49.5 Å². The number of nitrogens with zero attached hydrogens (tertiary/aromatic N) is 2. The smallest absolute Gasteiger partial charge is 0.254 e. The lowest BCUT2D eigenvalue weighted by molar-refractivity contribution is 0.0737. The van der Waals surface area contributed by atoms with Crippen LogP contribution in [0.3, 0.4) is 0 Å². The van der Waals surface area contributed by atoms with Crippen molar-refractivity contribution in [3.8, 4) is 0 Å². The van der Waals surface area contributed by atoms with Crippen LogP contribution in [0.5, 0.6) is 0 Å². The SMILES string of the molecule is O=C(c1cccc(S(=O)(=O)N2CCCCCC2)c1)N1CCCC1c1cccs1. The van der Waals surface area contributed by atoms with Crippen LogP contribution in [0.1, 0.15) is 59.8 Å². The van der Waals surface area contributed by atoms with Crippen LogP contribution in [-0.2, 0) is 10.0 Å². The zero-order chi connectivity index (χ0) is 19.6. The average Bonchev–Trinajstić information content (AvgIpc) is 3.33. The summed E-state index contributed by atoms with van der Waals surface area (Å²) in [5.41, 5.74) is 0.458. The minimum Gasteiger partial charge on any atom is -0.331 e. The van der Waals surface area contributed by atoms with Crippen molar-refractivity contribution in [2.75, 3.05) is 19.6 Å². The second kappa shape index (κ2) is 8.35. The van der Waals surface area contributed by atoms with Gasteiger partial charge in [0.15, 0.2) is 0 Å². The maximum absolute atomic E-state index is 13.2. The first-order valence-electron chi connectivity index (χ1n) is 10.0. The molecule has 0 radical (unpaired) electrons. The lowest BCUT2D eigenvalue weighted by Gasteiger charge is -2.24. The number of sulfonamides is 1. The monoisotopic (exact) mass is 418 g/mol. The molecule has 28 heavy (non-hydrogen) atoms. The highest BCUT2D eigenvalue weighted by molar-refractivity contribution is 7.89. The van der Waals surface area contributed by atoms with Gasteiger partial charge in [-0.3, -0.25) is 4.79 Å². The van der Waals surface area contributed by atoms with Gasteiger partial charge < -0.3 is 4.90 Å². The molecule has 2 aromatic rings. The van der Waals surface area contributed by atoms with E-state index in [-0.39, 0.29) is 16.8 Å². The molecule has 0 N–H and O–H groups in total. The van der Waals surface area contributed by atoms with E-state index in [1.54, 1.807) is 39.9 Å². The van der Waals surface area contributed by atoms with Crippen LogP contribution in [0, 0.1) is 0 Å². The lowest BCUT2D eigenvalue weighted by Crippen LogP contribution is -2.33. The molecule has 1 atom stereocenters. The molecule has 0 aliphatic carbocycles. The molecule has 1 amide bonds. The molecule has 2 fully saturated rings. The molecule has 4 rings (SSSR count). The van der Waals surface area contributed by atoms with E-state index in [2.05, 4.69) is 6.07 Å². The molecular weight excluding hydrogens is 392 g/mol. The molecule has 0 spiro atoms. The minimum atomic E-state index is -3.56. The molecule has 1 unspecified atom stereocenters. The van der Waals surface area contributed by atoms with E-state index in [1.165, 1.54) is 4.88 Å². The van der Waals surface area contributed by atoms with Crippen LogP contribution >= 0.6 is 11.3 Å². The summed E-state index contributed by atoms with van der Waals surface area (Å²) in [4.78, 5) is 16.5. The molecule has 1 aromatic heterocycles. The van der Waals surface area contributed by atoms with E-state index in [9.17, 15) is 13.2 Å². The lowest BCUT2D eigenvalue weighted by atomic mass is 10.1. The molecule has 7 heteroatoms. The Kier molecular flexibility index (Phi) is 5.85. The third-order valence-electron chi connectivity index (χ3n) is 5.67. The standard InChI is InChI=1S/C21H26N2O3S2/c24-21(23-14-6-10-19(23)20-11-7-15-27-20)17-8-5-9-18(16-17)28(25,26)22-12-3-1-2-4-13-22/h5,7-9,11,15-16,19H,1-4,6,10,12-14H2. The van der Waals surface area contributed by atoms with Crippen LogP contribution in [-0.4, -0.2) is 43.2 Å². The highest BCUT2D eigenvalue weighted by atomic mass is 32.2. The van der Waals surface area contributed by atoms with E-state index in [0.29, 0.717) is 25.2 Å². The van der Waals surface area contributed by atoms with E-state index in [1.807, 2.05) is 16.3 Å². The largest absolute Gasteiger partial charge is 0.331 e. The molecular formula is C21H26N2O3S2. The first-order chi connectivity index (χ1) is 13.6. The van der Waals surface area contributed by atoms with Crippen molar-refractivity contribution >= 4 is 27.3 Å². The van der Waals surface area contributed by atoms with Crippen LogP contribution in [0.4, 0.5) is 0 Å². The number of hydrogen-bond acceptors (Lipinski definition) is 4. The Morgan fingerprint density at radius 3 is 2.46 bits per heavy atom. The Labute approximate surface area is 171 Å². The third kappa shape index (κ3) is 3.88. The number of benzene rings is 1. The van der Waals surface area contributed by atoms with E-state index in [4.69, 9.17) is 0 Å². The predicted octanol–water partition coefficient (Wildman–Crippen LogP) is 4.29. The Morgan fingerprint density at radius 1 is 0.964 bits per heavy atom. The van der Waals surface area contributed by atoms with Crippen molar-refractivity contribution < 1.29 is 13.2 Å². The number of hydrogen-bond donors (Lipinski definition) is 0. The van der Waals surface area contributed by atoms with Gasteiger partial charge in [-0.2, -0.15) is 4.31 Å². The molecule has 2 aliphatic rings. The second-order valence-corrected chi connectivity index (χ2v) is 10.4. The van der Waals surface area contributed by atoms with Gasteiger partial charge in [-0.25, -0.2) is 8.42 Å². The summed E-state index contributed by atoms with van der Waals surface area (Å²) in [5, 5.41) is 2.03. The van der Waals surface area contributed by atoms with Crippen molar-refractivity contribution in [1.82, 2.24) is 9.21 Å². The van der Waals surface area contributed by atoms with Gasteiger partial charge in [-0.1, -0.05) is 25.0 Å². The Morgan fingerprint density at radius 2 is 1.75 bits per heavy atom. The van der Waals surface area contributed by atoms with E-state index < -0.39 is 10.0 Å². The maximum atomic E-state index is 13.2. The van der Waals surface area contributed by atoms with Crippen LogP contribution in [0.15, 0.2) is 46.7 Å². The second-order valence-electron chi connectivity index (χ2n) is 7.52. The molecule has 2 saturated heterocycles. The topological polar surface area (TPSA) is 57.7 Å². The van der Waals surface area contributed by atoms with Crippen LogP contribution < -0.4 is 0 Å². The summed E-state index contributed by atoms with van der Waals surface area (Å²) in [6, 6.07) is 10.8. The molecule has 1 aromatic carbocycles. The summed E-state index contributed by atoms with van der Waals surface area (Å²) < 4.78 is 27.8. The summed E-state index contributed by atoms with van der Waals surface area (Å²) in [6.45, 7) is 1.84. The zero-order valence-electron chi connectivity index (χ0n) is 15.9. The van der Waals surface area contributed by atoms with Crippen molar-refractivity contribution in [3.63, 3.8) is 0 Å². The fraction of sp³-hybridized carbons (Fsp3) is 0.476. The molecule has 5 nitrogen and oxygen atoms in total. The Hall–Kier alpha value is -1.70. The predicted molar refractivity (Wildman–Crippen MR) is 111 cm³/mol. The van der Waals surface area contributed by atoms with Crippen LogP contribution in [0.25, 0.3) is 0 Å². The van der Waals surface area contributed by atoms with Gasteiger partial charge in [0.25, 0.3) is 5.91 Å². The fourth-order valence-corrected chi connectivity index (χ4v) is 6.61. The number of carbonyl (C=O) groups is 1. The van der Waals surface area contributed by atoms with Crippen molar-refractivity contribution in [3.05, 3.63) is 52.2 Å². The number of rotatable bonds is 4. The van der Waals surface area contributed by atoms with E-state index >= 15 is 0 Å². The molecule has 2 aliphatic heterocycles. The minimum absolute atomic E-state index is 0.0798. The third-order valence-corrected chi connectivity index (χ3v) is 8.54. The van der Waals surface area contributed by atoms with Crippen molar-refractivity contribution in [1.29, 1.82) is 0 Å². The van der Waals surface area contributed by atoms with Gasteiger partial charge in [0.05, 0.1) is 10.9 Å². The van der Waals surface area contributed by atoms with Gasteiger partial charge in [0.1, 0.15) is 0 Å². The van der Waals surface area contributed by atoms with Gasteiger partial charge in [-0.05, 0) is 55.3 Å². The van der Waals surface area contributed by atoms with Gasteiger partial charge in [-0.15, -0.1) is 11.3 Å². The van der Waals surface area contributed by atoms with Gasteiger partial charge in [0.2, 0.25) is 10.0 Å². The van der Waals surface area contributed by atoms with E-state index in [0.717, 1.165) is 38.5 Å². The molecule has 0 saturated carbocycles. The van der Waals surface area contributed by atoms with Gasteiger partial charge >= 0.3 is 0 Å². The summed E-state index contributed by atoms with van der Waals surface area (Å²) in [6.07, 6.45) is 5.87. The number of carbonyl (C=O) groups excluding carboxylic acids is 1. The highest BCUT2D eigenvalue weighted by Crippen LogP contribution is 2.35. The first-order valence-corrected chi connectivity index (χ1v) is 12.3. The first kappa shape index (κ1) is 19.6. The zero-order valence-corrected chi connectivity index (χ0v) is 17.6. The summed E-state index contributed by atoms with van der Waals surface area (Å²) in [7, 11) is -3.56. The maximum Gasteiger partial charge on any atom is 0.254 e. The Balaban J connectivity index is 1.59. The molecule has 3 heterocycles. The summed E-state index contributed by atoms with van der Waals surface area (Å²) in [5.74, 6) is -0.0798. The van der Waals surface area contributed by atoms with Crippen molar-refractivity contribution in [2.24, 2.45) is 0 Å². The fourth-order valence-electron chi connectivity index (χ4n) is 4.17. The van der Waals surface area contributed by atoms with Crippen LogP contribution in [0.2, 0.25) is 0 Å². The number of likely N-dealkylation sites (tertiary alicyclic amines) is 1. The highest BCUT2D eigenvalue weighted by Gasteiger charge is 2.32. The molecule has 0 bridgehead atoms. The average molecular weight is 419 g/mol. The molecule has 150 valence electrons. The quantitative estimate of drug-likeness (QED) is 0.744. The normalized spacial score (nSPS) is 21.6. The number of thiophene rings is 1. The summed E-state index contributed by atoms with van der Waals surface area (Å²) >= 11 is 1.67. The number of amides is 1.